The maximum atomic E-state index is 14.4. The Hall–Kier alpha value is -4.55. The molecule has 308 valence electrons. The molecule has 0 unspecified atom stereocenters. The van der Waals surface area contributed by atoms with Crippen LogP contribution >= 0.6 is 24.0 Å². The van der Waals surface area contributed by atoms with E-state index in [-0.39, 0.29) is 36.7 Å². The van der Waals surface area contributed by atoms with Gasteiger partial charge in [-0.2, -0.15) is 0 Å². The number of benzene rings is 4. The van der Waals surface area contributed by atoms with Gasteiger partial charge in [-0.25, -0.2) is 4.39 Å². The summed E-state index contributed by atoms with van der Waals surface area (Å²) in [7, 11) is 4.83. The highest BCUT2D eigenvalue weighted by atomic mass is 35.5. The van der Waals surface area contributed by atoms with Gasteiger partial charge in [0.2, 0.25) is 5.91 Å². The molecule has 0 aliphatic carbocycles. The van der Waals surface area contributed by atoms with Crippen molar-refractivity contribution in [3.05, 3.63) is 112 Å². The van der Waals surface area contributed by atoms with Crippen molar-refractivity contribution in [3.8, 4) is 23.0 Å². The average Bonchev–Trinajstić information content (AvgIpc) is 3.28. The van der Waals surface area contributed by atoms with E-state index in [1.54, 1.807) is 56.6 Å². The summed E-state index contributed by atoms with van der Waals surface area (Å²) in [4.78, 5) is 29.4. The monoisotopic (exact) mass is 825 g/mol. The average molecular weight is 827 g/mol. The molecule has 0 aromatic heterocycles. The number of anilines is 1. The Labute approximate surface area is 346 Å². The van der Waals surface area contributed by atoms with Crippen LogP contribution in [0.1, 0.15) is 68.4 Å². The maximum Gasteiger partial charge on any atom is 0.256 e. The summed E-state index contributed by atoms with van der Waals surface area (Å²) >= 11 is 6.60. The van der Waals surface area contributed by atoms with Crippen LogP contribution in [-0.2, 0) is 27.3 Å². The van der Waals surface area contributed by atoms with Crippen LogP contribution in [0.15, 0.2) is 78.9 Å². The molecule has 57 heavy (non-hydrogen) atoms. The highest BCUT2D eigenvalue weighted by molar-refractivity contribution is 6.30. The van der Waals surface area contributed by atoms with Gasteiger partial charge in [0.25, 0.3) is 5.91 Å². The van der Waals surface area contributed by atoms with Crippen molar-refractivity contribution in [2.24, 2.45) is 5.41 Å². The van der Waals surface area contributed by atoms with Crippen LogP contribution < -0.4 is 34.5 Å². The molecule has 0 spiro atoms. The zero-order valence-electron chi connectivity index (χ0n) is 33.5. The fourth-order valence-electron chi connectivity index (χ4n) is 6.69. The molecule has 1 aliphatic rings. The van der Waals surface area contributed by atoms with Gasteiger partial charge in [-0.1, -0.05) is 68.8 Å². The number of hydrogen-bond donors (Lipinski definition) is 2. The van der Waals surface area contributed by atoms with Crippen LogP contribution in [0.25, 0.3) is 0 Å². The fraction of sp³-hybridized carbons (Fsp3) is 0.409. The number of aryl methyl sites for hydroxylation is 1. The molecule has 1 aliphatic heterocycles. The highest BCUT2D eigenvalue weighted by Gasteiger charge is 2.40. The van der Waals surface area contributed by atoms with Gasteiger partial charge in [-0.15, -0.1) is 12.4 Å². The summed E-state index contributed by atoms with van der Waals surface area (Å²) in [5, 5.41) is 6.71. The van der Waals surface area contributed by atoms with E-state index in [9.17, 15) is 14.0 Å². The van der Waals surface area contributed by atoms with Crippen molar-refractivity contribution in [2.45, 2.75) is 65.2 Å². The minimum atomic E-state index is -1.18. The number of nitrogens with zero attached hydrogens (tertiary/aromatic N) is 1. The molecule has 0 radical (unpaired) electrons. The molecule has 5 rings (SSSR count). The van der Waals surface area contributed by atoms with Crippen molar-refractivity contribution in [3.63, 3.8) is 0 Å². The second-order valence-electron chi connectivity index (χ2n) is 14.9. The Morgan fingerprint density at radius 3 is 2.35 bits per heavy atom. The molecule has 0 bridgehead atoms. The number of carbonyl (C=O) groups excluding carboxylic acids is 2. The molecule has 2 atom stereocenters. The number of nitrogens with one attached hydrogen (secondary N) is 2. The van der Waals surface area contributed by atoms with Gasteiger partial charge in [-0.3, -0.25) is 9.59 Å². The van der Waals surface area contributed by atoms with Crippen molar-refractivity contribution >= 4 is 41.5 Å². The van der Waals surface area contributed by atoms with E-state index in [0.29, 0.717) is 57.8 Å². The Morgan fingerprint density at radius 1 is 0.877 bits per heavy atom. The number of amides is 2. The first-order valence-corrected chi connectivity index (χ1v) is 19.3. The fourth-order valence-corrected chi connectivity index (χ4v) is 6.87. The molecule has 4 aromatic rings. The van der Waals surface area contributed by atoms with E-state index in [2.05, 4.69) is 16.7 Å². The third-order valence-corrected chi connectivity index (χ3v) is 9.60. The van der Waals surface area contributed by atoms with Gasteiger partial charge < -0.3 is 39.2 Å². The number of methoxy groups -OCH3 is 3. The number of halogens is 3. The zero-order chi connectivity index (χ0) is 40.2. The first-order valence-electron chi connectivity index (χ1n) is 18.9. The summed E-state index contributed by atoms with van der Waals surface area (Å²) in [6.45, 7) is 8.48. The lowest BCUT2D eigenvalue weighted by Gasteiger charge is -2.31. The summed E-state index contributed by atoms with van der Waals surface area (Å²) < 4.78 is 44.0. The van der Waals surface area contributed by atoms with Crippen molar-refractivity contribution in [2.75, 3.05) is 52.5 Å². The van der Waals surface area contributed by atoms with Crippen LogP contribution in [0.5, 0.6) is 23.0 Å². The molecular weight excluding hydrogens is 772 g/mol. The second kappa shape index (κ2) is 21.3. The predicted octanol–water partition coefficient (Wildman–Crippen LogP) is 8.49. The third kappa shape index (κ3) is 12.2. The van der Waals surface area contributed by atoms with Crippen LogP contribution in [-0.4, -0.2) is 65.5 Å². The molecular formula is C44H54Cl2FN3O7. The van der Waals surface area contributed by atoms with Crippen LogP contribution in [0.4, 0.5) is 10.1 Å². The van der Waals surface area contributed by atoms with Gasteiger partial charge in [0.05, 0.1) is 34.4 Å². The molecule has 0 saturated carbocycles. The lowest BCUT2D eigenvalue weighted by atomic mass is 9.94. The minimum Gasteiger partial charge on any atom is -0.493 e. The first kappa shape index (κ1) is 45.2. The van der Waals surface area contributed by atoms with Crippen LogP contribution in [0, 0.1) is 11.2 Å². The van der Waals surface area contributed by atoms with Crippen molar-refractivity contribution < 1.29 is 37.7 Å². The quantitative estimate of drug-likeness (QED) is 0.0963. The first-order chi connectivity index (χ1) is 26.9. The van der Waals surface area contributed by atoms with Gasteiger partial charge in [0.15, 0.2) is 23.0 Å². The van der Waals surface area contributed by atoms with E-state index < -0.39 is 23.9 Å². The Bertz CT molecular complexity index is 1960. The molecule has 2 amide bonds. The van der Waals surface area contributed by atoms with Gasteiger partial charge in [0.1, 0.15) is 18.0 Å². The number of carbonyl (C=O) groups is 2. The minimum absolute atomic E-state index is 0. The van der Waals surface area contributed by atoms with Crippen LogP contribution in [0.3, 0.4) is 0 Å². The summed E-state index contributed by atoms with van der Waals surface area (Å²) in [5.74, 6) is 1.17. The summed E-state index contributed by atoms with van der Waals surface area (Å²) in [5.41, 5.74) is 3.12. The lowest BCUT2D eigenvalue weighted by Crippen LogP contribution is -2.45. The highest BCUT2D eigenvalue weighted by Crippen LogP contribution is 2.46. The summed E-state index contributed by atoms with van der Waals surface area (Å²) in [6, 6.07) is 23.1. The summed E-state index contributed by atoms with van der Waals surface area (Å²) in [6.07, 6.45) is 0.302. The number of para-hydroxylation sites is 1. The zero-order valence-corrected chi connectivity index (χ0v) is 35.1. The molecule has 4 aromatic carbocycles. The van der Waals surface area contributed by atoms with E-state index in [1.807, 2.05) is 57.2 Å². The van der Waals surface area contributed by atoms with Gasteiger partial charge in [-0.05, 0) is 85.8 Å². The Balaban J connectivity index is 0.00000720. The number of rotatable bonds is 18. The standard InChI is InChI=1S/C44H53ClFN3O7.ClH/c1-44(2,3)28-49-35-19-18-31(45)25-33(35)41(56-39(43(49)51)26-40(50)48-27-30-13-7-8-15-34(30)46)32-14-9-16-37(42(32)54-6)55-23-11-22-47-21-10-12-29-17-20-36(52-4)38(24-29)53-5;/h7-9,13-20,24-25,39,41,47H,10-12,21-23,26-28H2,1-6H3,(H,48,50);1H/t39-,41-;/m0./s1. The number of hydrogen-bond acceptors (Lipinski definition) is 8. The van der Waals surface area contributed by atoms with E-state index in [4.69, 9.17) is 35.3 Å². The second-order valence-corrected chi connectivity index (χ2v) is 15.3. The largest absolute Gasteiger partial charge is 0.493 e. The number of fused-ring (bicyclic) bond motifs is 1. The Kier molecular flexibility index (Phi) is 16.9. The molecule has 0 fully saturated rings. The predicted molar refractivity (Wildman–Crippen MR) is 224 cm³/mol. The maximum absolute atomic E-state index is 14.4. The van der Waals surface area contributed by atoms with Gasteiger partial charge in [0, 0.05) is 40.5 Å². The number of ether oxygens (including phenoxy) is 5. The molecule has 10 nitrogen and oxygen atoms in total. The normalized spacial score (nSPS) is 15.2. The third-order valence-electron chi connectivity index (χ3n) is 9.36. The topological polar surface area (TPSA) is 108 Å². The molecule has 13 heteroatoms. The molecule has 0 saturated heterocycles. The van der Waals surface area contributed by atoms with E-state index in [1.165, 1.54) is 11.6 Å². The van der Waals surface area contributed by atoms with Gasteiger partial charge >= 0.3 is 0 Å². The lowest BCUT2D eigenvalue weighted by molar-refractivity contribution is -0.138. The van der Waals surface area contributed by atoms with Crippen LogP contribution in [0.2, 0.25) is 5.02 Å². The smallest absolute Gasteiger partial charge is 0.256 e. The van der Waals surface area contributed by atoms with E-state index >= 15 is 0 Å². The van der Waals surface area contributed by atoms with E-state index in [0.717, 1.165) is 38.1 Å². The van der Waals surface area contributed by atoms with Crippen molar-refractivity contribution in [1.82, 2.24) is 10.6 Å². The SMILES string of the molecule is COc1ccc(CCCNCCCOc2cccc([C@@H]3O[C@@H](CC(=O)NCc4ccccc4F)C(=O)N(CC(C)(C)C)c4ccc(Cl)cc43)c2OC)cc1OC.Cl. The van der Waals surface area contributed by atoms with Crippen molar-refractivity contribution in [1.29, 1.82) is 0 Å². The Morgan fingerprint density at radius 2 is 1.63 bits per heavy atom. The molecule has 1 heterocycles. The molecule has 2 N–H and O–H groups in total.